The van der Waals surface area contributed by atoms with Crippen LogP contribution in [0, 0.1) is 5.92 Å². The van der Waals surface area contributed by atoms with E-state index in [0.29, 0.717) is 12.2 Å². The first kappa shape index (κ1) is 15.3. The van der Waals surface area contributed by atoms with E-state index in [1.54, 1.807) is 35.4 Å². The number of nitrogens with one attached hydrogen (secondary N) is 2. The average Bonchev–Trinajstić information content (AvgIpc) is 3.13. The number of aromatic amines is 1. The molecule has 1 aliphatic heterocycles. The molecule has 126 valence electrons. The number of benzene rings is 1. The maximum Gasteiger partial charge on any atom is 0.240 e. The van der Waals surface area contributed by atoms with Crippen molar-refractivity contribution < 1.29 is 13.2 Å². The van der Waals surface area contributed by atoms with E-state index in [-0.39, 0.29) is 23.3 Å². The fraction of sp³-hybridized carbons (Fsp3) is 0.375. The normalized spacial score (nSPS) is 17.1. The minimum absolute atomic E-state index is 0.119. The maximum absolute atomic E-state index is 12.5. The van der Waals surface area contributed by atoms with Gasteiger partial charge in [0, 0.05) is 24.3 Å². The van der Waals surface area contributed by atoms with Gasteiger partial charge < -0.3 is 4.90 Å². The Hall–Kier alpha value is -2.19. The molecular weight excluding hydrogens is 328 g/mol. The summed E-state index contributed by atoms with van der Waals surface area (Å²) in [5.41, 5.74) is 2.44. The molecule has 1 amide bonds. The van der Waals surface area contributed by atoms with Gasteiger partial charge in [0.1, 0.15) is 0 Å². The minimum atomic E-state index is -3.65. The van der Waals surface area contributed by atoms with E-state index in [1.807, 2.05) is 0 Å². The van der Waals surface area contributed by atoms with Crippen LogP contribution in [0.3, 0.4) is 0 Å². The molecule has 0 radical (unpaired) electrons. The van der Waals surface area contributed by atoms with E-state index in [0.717, 1.165) is 30.5 Å². The summed E-state index contributed by atoms with van der Waals surface area (Å²) in [4.78, 5) is 14.3. The molecule has 2 aromatic rings. The predicted molar refractivity (Wildman–Crippen MR) is 87.8 cm³/mol. The van der Waals surface area contributed by atoms with Gasteiger partial charge in [-0.1, -0.05) is 6.07 Å². The van der Waals surface area contributed by atoms with Gasteiger partial charge in [-0.3, -0.25) is 9.89 Å². The van der Waals surface area contributed by atoms with E-state index >= 15 is 0 Å². The summed E-state index contributed by atoms with van der Waals surface area (Å²) >= 11 is 0. The van der Waals surface area contributed by atoms with Crippen molar-refractivity contribution in [3.05, 3.63) is 41.7 Å². The maximum atomic E-state index is 12.5. The van der Waals surface area contributed by atoms with Crippen LogP contribution in [-0.4, -0.2) is 31.1 Å². The number of anilines is 1. The number of amides is 1. The monoisotopic (exact) mass is 346 g/mol. The van der Waals surface area contributed by atoms with Crippen molar-refractivity contribution in [2.45, 2.75) is 30.7 Å². The van der Waals surface area contributed by atoms with Crippen molar-refractivity contribution in [3.63, 3.8) is 0 Å². The Morgan fingerprint density at radius 3 is 2.88 bits per heavy atom. The molecule has 24 heavy (non-hydrogen) atoms. The summed E-state index contributed by atoms with van der Waals surface area (Å²) in [6.45, 7) is 0.778. The first-order valence-electron chi connectivity index (χ1n) is 7.97. The lowest BCUT2D eigenvalue weighted by molar-refractivity contribution is -0.119. The molecule has 0 unspecified atom stereocenters. The summed E-state index contributed by atoms with van der Waals surface area (Å²) in [5.74, 6) is 0.239. The van der Waals surface area contributed by atoms with Crippen LogP contribution in [0.15, 0.2) is 35.4 Å². The van der Waals surface area contributed by atoms with Crippen molar-refractivity contribution in [3.8, 4) is 0 Å². The van der Waals surface area contributed by atoms with Crippen molar-refractivity contribution in [1.29, 1.82) is 0 Å². The van der Waals surface area contributed by atoms with Gasteiger partial charge in [-0.05, 0) is 43.0 Å². The second-order valence-corrected chi connectivity index (χ2v) is 7.98. The van der Waals surface area contributed by atoms with Gasteiger partial charge >= 0.3 is 0 Å². The van der Waals surface area contributed by atoms with E-state index in [2.05, 4.69) is 14.9 Å². The molecule has 1 fully saturated rings. The van der Waals surface area contributed by atoms with Crippen molar-refractivity contribution in [1.82, 2.24) is 14.9 Å². The molecule has 7 nitrogen and oxygen atoms in total. The largest absolute Gasteiger partial charge is 0.312 e. The van der Waals surface area contributed by atoms with Crippen LogP contribution < -0.4 is 9.62 Å². The van der Waals surface area contributed by atoms with Gasteiger partial charge in [0.2, 0.25) is 15.9 Å². The highest BCUT2D eigenvalue weighted by atomic mass is 32.2. The Labute approximate surface area is 140 Å². The highest BCUT2D eigenvalue weighted by Crippen LogP contribution is 2.37. The summed E-state index contributed by atoms with van der Waals surface area (Å²) in [6, 6.07) is 6.72. The number of fused-ring (bicyclic) bond motifs is 1. The molecule has 2 heterocycles. The highest BCUT2D eigenvalue weighted by Gasteiger charge is 2.36. The molecule has 4 rings (SSSR count). The number of carbonyl (C=O) groups excluding carboxylic acids is 1. The van der Waals surface area contributed by atoms with Crippen LogP contribution in [0.4, 0.5) is 5.69 Å². The predicted octanol–water partition coefficient (Wildman–Crippen LogP) is 1.19. The van der Waals surface area contributed by atoms with Crippen LogP contribution in [0.2, 0.25) is 0 Å². The number of aromatic nitrogens is 2. The Kier molecular flexibility index (Phi) is 3.65. The third-order valence-corrected chi connectivity index (χ3v) is 5.87. The van der Waals surface area contributed by atoms with Crippen LogP contribution in [-0.2, 0) is 27.8 Å². The van der Waals surface area contributed by atoms with Gasteiger partial charge in [0.05, 0.1) is 17.1 Å². The standard InChI is InChI=1S/C16H18N4O3S/c21-16(12-1-2-12)20-8-6-11-3-4-14(9-15(11)20)24(22,23)18-10-13-5-7-17-19-13/h3-5,7,9,12,18H,1-2,6,8,10H2,(H,17,19). The van der Waals surface area contributed by atoms with Crippen LogP contribution in [0.5, 0.6) is 0 Å². The lowest BCUT2D eigenvalue weighted by Crippen LogP contribution is -2.30. The fourth-order valence-electron chi connectivity index (χ4n) is 2.95. The molecule has 1 aromatic carbocycles. The molecule has 0 bridgehead atoms. The van der Waals surface area contributed by atoms with Crippen molar-refractivity contribution in [2.24, 2.45) is 5.92 Å². The Bertz CT molecular complexity index is 873. The second-order valence-electron chi connectivity index (χ2n) is 6.21. The van der Waals surface area contributed by atoms with Crippen LogP contribution >= 0.6 is 0 Å². The van der Waals surface area contributed by atoms with Gasteiger partial charge in [-0.25, -0.2) is 13.1 Å². The van der Waals surface area contributed by atoms with E-state index in [9.17, 15) is 13.2 Å². The molecule has 2 aliphatic rings. The zero-order chi connectivity index (χ0) is 16.7. The first-order chi connectivity index (χ1) is 11.5. The molecule has 0 spiro atoms. The number of carbonyl (C=O) groups is 1. The number of sulfonamides is 1. The molecule has 2 N–H and O–H groups in total. The summed E-state index contributed by atoms with van der Waals surface area (Å²) < 4.78 is 27.5. The minimum Gasteiger partial charge on any atom is -0.312 e. The number of nitrogens with zero attached hydrogens (tertiary/aromatic N) is 2. The number of H-pyrrole nitrogens is 1. The highest BCUT2D eigenvalue weighted by molar-refractivity contribution is 7.89. The quantitative estimate of drug-likeness (QED) is 0.850. The average molecular weight is 346 g/mol. The van der Waals surface area contributed by atoms with E-state index in [1.165, 1.54) is 0 Å². The first-order valence-corrected chi connectivity index (χ1v) is 9.45. The molecule has 0 saturated heterocycles. The summed E-state index contributed by atoms with van der Waals surface area (Å²) in [7, 11) is -3.65. The Morgan fingerprint density at radius 2 is 2.17 bits per heavy atom. The number of hydrogen-bond donors (Lipinski definition) is 2. The smallest absolute Gasteiger partial charge is 0.240 e. The second kappa shape index (κ2) is 5.71. The van der Waals surface area contributed by atoms with E-state index in [4.69, 9.17) is 0 Å². The third-order valence-electron chi connectivity index (χ3n) is 4.47. The van der Waals surface area contributed by atoms with E-state index < -0.39 is 10.0 Å². The third kappa shape index (κ3) is 2.83. The summed E-state index contributed by atoms with van der Waals surface area (Å²) in [6.07, 6.45) is 4.22. The van der Waals surface area contributed by atoms with Gasteiger partial charge in [-0.15, -0.1) is 0 Å². The van der Waals surface area contributed by atoms with Crippen LogP contribution in [0.25, 0.3) is 0 Å². The van der Waals surface area contributed by atoms with Crippen molar-refractivity contribution >= 4 is 21.6 Å². The van der Waals surface area contributed by atoms with Gasteiger partial charge in [0.15, 0.2) is 0 Å². The topological polar surface area (TPSA) is 95.2 Å². The Morgan fingerprint density at radius 1 is 1.33 bits per heavy atom. The molecule has 8 heteroatoms. The van der Waals surface area contributed by atoms with Crippen molar-refractivity contribution in [2.75, 3.05) is 11.4 Å². The van der Waals surface area contributed by atoms with Gasteiger partial charge in [0.25, 0.3) is 0 Å². The molecule has 1 saturated carbocycles. The number of hydrogen-bond acceptors (Lipinski definition) is 4. The molecule has 1 aromatic heterocycles. The zero-order valence-corrected chi connectivity index (χ0v) is 13.8. The molecular formula is C16H18N4O3S. The summed E-state index contributed by atoms with van der Waals surface area (Å²) in [5, 5.41) is 6.50. The SMILES string of the molecule is O=C(C1CC1)N1CCc2ccc(S(=O)(=O)NCc3ccn[nH]3)cc21. The molecule has 0 atom stereocenters. The van der Waals surface area contributed by atoms with Gasteiger partial charge in [-0.2, -0.15) is 5.10 Å². The lowest BCUT2D eigenvalue weighted by atomic mass is 10.2. The lowest BCUT2D eigenvalue weighted by Gasteiger charge is -2.18. The number of rotatable bonds is 5. The molecule has 1 aliphatic carbocycles. The fourth-order valence-corrected chi connectivity index (χ4v) is 3.97. The van der Waals surface area contributed by atoms with Crippen LogP contribution in [0.1, 0.15) is 24.1 Å². The Balaban J connectivity index is 1.57. The zero-order valence-electron chi connectivity index (χ0n) is 13.0.